The molecule has 2 N–H and O–H groups in total. The average molecular weight is 209 g/mol. The predicted octanol–water partition coefficient (Wildman–Crippen LogP) is 2.19. The summed E-state index contributed by atoms with van der Waals surface area (Å²) in [5.74, 6) is -0.271. The lowest BCUT2D eigenvalue weighted by atomic mass is 10.1. The first-order valence-electron chi connectivity index (χ1n) is 4.87. The van der Waals surface area contributed by atoms with Crippen LogP contribution in [0.3, 0.4) is 0 Å². The van der Waals surface area contributed by atoms with Crippen LogP contribution in [0.1, 0.15) is 11.1 Å². The zero-order valence-electron chi connectivity index (χ0n) is 8.87. The largest absolute Gasteiger partial charge is 0.380 e. The Hall–Kier alpha value is -1.19. The lowest BCUT2D eigenvalue weighted by molar-refractivity contribution is 0.185. The molecular formula is C12H16FNO. The lowest BCUT2D eigenvalue weighted by Crippen LogP contribution is -1.99. The van der Waals surface area contributed by atoms with Crippen LogP contribution in [0.25, 0.3) is 0 Å². The Bertz CT molecular complexity index is 336. The highest BCUT2D eigenvalue weighted by Crippen LogP contribution is 2.08. The molecule has 0 atom stereocenters. The maximum absolute atomic E-state index is 12.8. The predicted molar refractivity (Wildman–Crippen MR) is 59.1 cm³/mol. The van der Waals surface area contributed by atoms with Crippen molar-refractivity contribution in [2.24, 2.45) is 5.73 Å². The van der Waals surface area contributed by atoms with Crippen molar-refractivity contribution in [1.29, 1.82) is 0 Å². The van der Waals surface area contributed by atoms with Crippen LogP contribution in [-0.4, -0.2) is 13.7 Å². The van der Waals surface area contributed by atoms with E-state index in [-0.39, 0.29) is 12.4 Å². The van der Waals surface area contributed by atoms with E-state index < -0.39 is 0 Å². The van der Waals surface area contributed by atoms with Crippen molar-refractivity contribution >= 4 is 0 Å². The molecule has 0 aliphatic heterocycles. The van der Waals surface area contributed by atoms with Gasteiger partial charge < -0.3 is 10.5 Å². The van der Waals surface area contributed by atoms with E-state index in [9.17, 15) is 4.39 Å². The molecule has 0 radical (unpaired) electrons. The minimum absolute atomic E-state index is 0.0300. The van der Waals surface area contributed by atoms with Gasteiger partial charge in [-0.05, 0) is 23.6 Å². The molecule has 15 heavy (non-hydrogen) atoms. The van der Waals surface area contributed by atoms with E-state index in [1.807, 2.05) is 24.3 Å². The summed E-state index contributed by atoms with van der Waals surface area (Å²) in [6.45, 7) is 0.550. The SMILES string of the molecule is COCc1cccc(C/C=C(/F)CN)c1. The molecule has 0 unspecified atom stereocenters. The lowest BCUT2D eigenvalue weighted by Gasteiger charge is -2.02. The van der Waals surface area contributed by atoms with E-state index in [1.165, 1.54) is 6.08 Å². The number of benzene rings is 1. The van der Waals surface area contributed by atoms with Gasteiger partial charge in [-0.25, -0.2) is 4.39 Å². The van der Waals surface area contributed by atoms with Crippen molar-refractivity contribution in [2.45, 2.75) is 13.0 Å². The number of ether oxygens (including phenoxy) is 1. The van der Waals surface area contributed by atoms with E-state index >= 15 is 0 Å². The van der Waals surface area contributed by atoms with Crippen molar-refractivity contribution < 1.29 is 9.13 Å². The normalized spacial score (nSPS) is 11.8. The third-order valence-corrected chi connectivity index (χ3v) is 2.06. The molecule has 2 nitrogen and oxygen atoms in total. The minimum Gasteiger partial charge on any atom is -0.380 e. The van der Waals surface area contributed by atoms with Gasteiger partial charge in [-0.2, -0.15) is 0 Å². The molecule has 0 aromatic heterocycles. The highest BCUT2D eigenvalue weighted by atomic mass is 19.1. The van der Waals surface area contributed by atoms with Gasteiger partial charge >= 0.3 is 0 Å². The molecule has 0 aliphatic rings. The van der Waals surface area contributed by atoms with Gasteiger partial charge in [-0.15, -0.1) is 0 Å². The van der Waals surface area contributed by atoms with E-state index in [2.05, 4.69) is 0 Å². The molecule has 0 bridgehead atoms. The highest BCUT2D eigenvalue weighted by Gasteiger charge is 1.95. The summed E-state index contributed by atoms with van der Waals surface area (Å²) in [6, 6.07) is 7.89. The molecule has 3 heteroatoms. The summed E-state index contributed by atoms with van der Waals surface area (Å²) < 4.78 is 17.8. The maximum atomic E-state index is 12.8. The minimum atomic E-state index is -0.271. The molecule has 1 aromatic carbocycles. The first-order chi connectivity index (χ1) is 7.26. The average Bonchev–Trinajstić information content (AvgIpc) is 2.27. The van der Waals surface area contributed by atoms with Crippen LogP contribution < -0.4 is 5.73 Å². The molecule has 0 saturated carbocycles. The molecule has 0 heterocycles. The zero-order chi connectivity index (χ0) is 11.1. The highest BCUT2D eigenvalue weighted by molar-refractivity contribution is 5.25. The fourth-order valence-electron chi connectivity index (χ4n) is 1.33. The van der Waals surface area contributed by atoms with Gasteiger partial charge in [0.25, 0.3) is 0 Å². The Kier molecular flexibility index (Phi) is 5.01. The van der Waals surface area contributed by atoms with Gasteiger partial charge in [0.2, 0.25) is 0 Å². The summed E-state index contributed by atoms with van der Waals surface area (Å²) in [5, 5.41) is 0. The molecule has 1 aromatic rings. The smallest absolute Gasteiger partial charge is 0.110 e. The van der Waals surface area contributed by atoms with Crippen LogP contribution in [0.4, 0.5) is 4.39 Å². The van der Waals surface area contributed by atoms with Crippen LogP contribution >= 0.6 is 0 Å². The van der Waals surface area contributed by atoms with Gasteiger partial charge in [0.1, 0.15) is 5.83 Å². The Morgan fingerprint density at radius 3 is 2.87 bits per heavy atom. The van der Waals surface area contributed by atoms with Gasteiger partial charge in [0.05, 0.1) is 6.61 Å². The summed E-state index contributed by atoms with van der Waals surface area (Å²) in [7, 11) is 1.65. The second-order valence-corrected chi connectivity index (χ2v) is 3.31. The van der Waals surface area contributed by atoms with E-state index in [0.717, 1.165) is 11.1 Å². The Morgan fingerprint density at radius 1 is 1.47 bits per heavy atom. The van der Waals surface area contributed by atoms with Crippen LogP contribution in [-0.2, 0) is 17.8 Å². The van der Waals surface area contributed by atoms with Crippen molar-refractivity contribution in [3.05, 3.63) is 47.3 Å². The molecule has 0 amide bonds. The summed E-state index contributed by atoms with van der Waals surface area (Å²) in [4.78, 5) is 0. The zero-order valence-corrected chi connectivity index (χ0v) is 8.87. The first-order valence-corrected chi connectivity index (χ1v) is 4.87. The quantitative estimate of drug-likeness (QED) is 0.806. The van der Waals surface area contributed by atoms with Crippen LogP contribution in [0.5, 0.6) is 0 Å². The Morgan fingerprint density at radius 2 is 2.20 bits per heavy atom. The van der Waals surface area contributed by atoms with Crippen LogP contribution in [0, 0.1) is 0 Å². The second-order valence-electron chi connectivity index (χ2n) is 3.31. The van der Waals surface area contributed by atoms with Gasteiger partial charge in [-0.3, -0.25) is 0 Å². The van der Waals surface area contributed by atoms with Crippen molar-refractivity contribution in [2.75, 3.05) is 13.7 Å². The monoisotopic (exact) mass is 209 g/mol. The number of hydrogen-bond acceptors (Lipinski definition) is 2. The fraction of sp³-hybridized carbons (Fsp3) is 0.333. The van der Waals surface area contributed by atoms with E-state index in [1.54, 1.807) is 7.11 Å². The molecular weight excluding hydrogens is 193 g/mol. The number of hydrogen-bond donors (Lipinski definition) is 1. The Labute approximate surface area is 89.6 Å². The van der Waals surface area contributed by atoms with Crippen molar-refractivity contribution in [1.82, 2.24) is 0 Å². The van der Waals surface area contributed by atoms with Gasteiger partial charge in [-0.1, -0.05) is 24.3 Å². The van der Waals surface area contributed by atoms with Gasteiger partial charge in [0.15, 0.2) is 0 Å². The standard InChI is InChI=1S/C12H16FNO/c1-15-9-11-4-2-3-10(7-11)5-6-12(13)8-14/h2-4,6-7H,5,8-9,14H2,1H3/b12-6+. The van der Waals surface area contributed by atoms with E-state index in [4.69, 9.17) is 10.5 Å². The summed E-state index contributed by atoms with van der Waals surface area (Å²) in [5.41, 5.74) is 7.31. The number of allylic oxidation sites excluding steroid dienone is 1. The third-order valence-electron chi connectivity index (χ3n) is 2.06. The molecule has 0 aliphatic carbocycles. The third kappa shape index (κ3) is 4.23. The number of nitrogens with two attached hydrogens (primary N) is 1. The summed E-state index contributed by atoms with van der Waals surface area (Å²) >= 11 is 0. The maximum Gasteiger partial charge on any atom is 0.110 e. The number of halogens is 1. The van der Waals surface area contributed by atoms with E-state index in [0.29, 0.717) is 13.0 Å². The topological polar surface area (TPSA) is 35.2 Å². The molecule has 0 spiro atoms. The second kappa shape index (κ2) is 6.32. The Balaban J connectivity index is 2.65. The number of methoxy groups -OCH3 is 1. The molecule has 82 valence electrons. The van der Waals surface area contributed by atoms with Crippen molar-refractivity contribution in [3.63, 3.8) is 0 Å². The summed E-state index contributed by atoms with van der Waals surface area (Å²) in [6.07, 6.45) is 2.08. The molecule has 0 saturated heterocycles. The number of rotatable bonds is 5. The molecule has 0 fully saturated rings. The van der Waals surface area contributed by atoms with Crippen LogP contribution in [0.15, 0.2) is 36.2 Å². The fourth-order valence-corrected chi connectivity index (χ4v) is 1.33. The van der Waals surface area contributed by atoms with Crippen molar-refractivity contribution in [3.8, 4) is 0 Å². The molecule has 1 rings (SSSR count). The van der Waals surface area contributed by atoms with Gasteiger partial charge in [0, 0.05) is 13.7 Å². The first kappa shape index (κ1) is 11.9. The van der Waals surface area contributed by atoms with Crippen LogP contribution in [0.2, 0.25) is 0 Å².